The van der Waals surface area contributed by atoms with E-state index in [2.05, 4.69) is 0 Å². The van der Waals surface area contributed by atoms with E-state index in [1.807, 2.05) is 25.1 Å². The van der Waals surface area contributed by atoms with Gasteiger partial charge in [-0.15, -0.1) is 0 Å². The summed E-state index contributed by atoms with van der Waals surface area (Å²) in [4.78, 5) is 11.7. The van der Waals surface area contributed by atoms with E-state index in [4.69, 9.17) is 10.5 Å². The van der Waals surface area contributed by atoms with Gasteiger partial charge in [-0.1, -0.05) is 12.1 Å². The molecular weight excluding hydrogens is 190 g/mol. The number of ether oxygens (including phenoxy) is 1. The summed E-state index contributed by atoms with van der Waals surface area (Å²) in [5.41, 5.74) is 7.48. The summed E-state index contributed by atoms with van der Waals surface area (Å²) in [6, 6.07) is 5.56. The molecule has 3 heteroatoms. The summed E-state index contributed by atoms with van der Waals surface area (Å²) in [6.07, 6.45) is 1.33. The van der Waals surface area contributed by atoms with Gasteiger partial charge in [0.25, 0.3) is 0 Å². The lowest BCUT2D eigenvalue weighted by Gasteiger charge is -2.05. The molecule has 2 rings (SSSR count). The summed E-state index contributed by atoms with van der Waals surface area (Å²) in [6.45, 7) is 2.56. The van der Waals surface area contributed by atoms with Crippen LogP contribution >= 0.6 is 0 Å². The SMILES string of the molecule is CC(N)CC(=O)c1ccc2c(c1)OCC2. The van der Waals surface area contributed by atoms with Crippen LogP contribution < -0.4 is 10.5 Å². The number of carbonyl (C=O) groups is 1. The number of carbonyl (C=O) groups excluding carboxylic acids is 1. The van der Waals surface area contributed by atoms with E-state index in [-0.39, 0.29) is 11.8 Å². The fraction of sp³-hybridized carbons (Fsp3) is 0.417. The van der Waals surface area contributed by atoms with E-state index in [1.165, 1.54) is 5.56 Å². The van der Waals surface area contributed by atoms with E-state index in [0.29, 0.717) is 12.0 Å². The van der Waals surface area contributed by atoms with E-state index in [0.717, 1.165) is 18.8 Å². The number of Topliss-reactive ketones (excluding diaryl/α,β-unsaturated/α-hetero) is 1. The smallest absolute Gasteiger partial charge is 0.164 e. The zero-order chi connectivity index (χ0) is 10.8. The molecule has 0 amide bonds. The number of hydrogen-bond donors (Lipinski definition) is 1. The summed E-state index contributed by atoms with van der Waals surface area (Å²) in [5.74, 6) is 0.939. The van der Waals surface area contributed by atoms with Gasteiger partial charge in [0, 0.05) is 24.4 Å². The normalized spacial score (nSPS) is 15.6. The third-order valence-corrected chi connectivity index (χ3v) is 2.53. The maximum atomic E-state index is 11.7. The quantitative estimate of drug-likeness (QED) is 0.761. The zero-order valence-electron chi connectivity index (χ0n) is 8.82. The summed E-state index contributed by atoms with van der Waals surface area (Å²) in [5, 5.41) is 0. The van der Waals surface area contributed by atoms with Crippen molar-refractivity contribution in [2.75, 3.05) is 6.61 Å². The van der Waals surface area contributed by atoms with Crippen molar-refractivity contribution < 1.29 is 9.53 Å². The van der Waals surface area contributed by atoms with Crippen molar-refractivity contribution in [3.63, 3.8) is 0 Å². The molecule has 80 valence electrons. The van der Waals surface area contributed by atoms with Crippen molar-refractivity contribution in [3.8, 4) is 5.75 Å². The maximum Gasteiger partial charge on any atom is 0.164 e. The lowest BCUT2D eigenvalue weighted by Crippen LogP contribution is -2.19. The zero-order valence-corrected chi connectivity index (χ0v) is 8.82. The molecule has 1 unspecified atom stereocenters. The van der Waals surface area contributed by atoms with Crippen molar-refractivity contribution >= 4 is 5.78 Å². The van der Waals surface area contributed by atoms with Gasteiger partial charge in [0.2, 0.25) is 0 Å². The molecule has 0 spiro atoms. The Balaban J connectivity index is 2.19. The Morgan fingerprint density at radius 2 is 2.40 bits per heavy atom. The van der Waals surface area contributed by atoms with Crippen molar-refractivity contribution in [3.05, 3.63) is 29.3 Å². The summed E-state index contributed by atoms with van der Waals surface area (Å²) < 4.78 is 5.41. The molecule has 1 heterocycles. The van der Waals surface area contributed by atoms with Crippen LogP contribution in [0.5, 0.6) is 5.75 Å². The highest BCUT2D eigenvalue weighted by molar-refractivity contribution is 5.96. The Morgan fingerprint density at radius 1 is 1.60 bits per heavy atom. The van der Waals surface area contributed by atoms with Gasteiger partial charge in [0.05, 0.1) is 6.61 Å². The molecule has 0 aromatic heterocycles. The minimum atomic E-state index is -0.0910. The number of ketones is 1. The predicted octanol–water partition coefficient (Wildman–Crippen LogP) is 1.54. The highest BCUT2D eigenvalue weighted by Gasteiger charge is 2.15. The maximum absolute atomic E-state index is 11.7. The van der Waals surface area contributed by atoms with Gasteiger partial charge in [0.1, 0.15) is 5.75 Å². The predicted molar refractivity (Wildman–Crippen MR) is 58.2 cm³/mol. The van der Waals surface area contributed by atoms with E-state index < -0.39 is 0 Å². The summed E-state index contributed by atoms with van der Waals surface area (Å²) in [7, 11) is 0. The standard InChI is InChI=1S/C12H15NO2/c1-8(13)6-11(14)10-3-2-9-4-5-15-12(9)7-10/h2-3,7-8H,4-6,13H2,1H3. The highest BCUT2D eigenvalue weighted by atomic mass is 16.5. The van der Waals surface area contributed by atoms with Crippen LogP contribution in [0, 0.1) is 0 Å². The number of fused-ring (bicyclic) bond motifs is 1. The molecule has 0 aliphatic carbocycles. The van der Waals surface area contributed by atoms with Crippen LogP contribution in [-0.4, -0.2) is 18.4 Å². The van der Waals surface area contributed by atoms with Crippen LogP contribution in [0.25, 0.3) is 0 Å². The number of hydrogen-bond acceptors (Lipinski definition) is 3. The van der Waals surface area contributed by atoms with Gasteiger partial charge in [-0.3, -0.25) is 4.79 Å². The first-order chi connectivity index (χ1) is 7.16. The second kappa shape index (κ2) is 4.03. The third-order valence-electron chi connectivity index (χ3n) is 2.53. The van der Waals surface area contributed by atoms with Gasteiger partial charge >= 0.3 is 0 Å². The molecule has 1 atom stereocenters. The fourth-order valence-corrected chi connectivity index (χ4v) is 1.75. The topological polar surface area (TPSA) is 52.3 Å². The molecule has 1 aromatic carbocycles. The summed E-state index contributed by atoms with van der Waals surface area (Å²) >= 11 is 0. The number of benzene rings is 1. The molecule has 0 fully saturated rings. The van der Waals surface area contributed by atoms with Gasteiger partial charge < -0.3 is 10.5 Å². The van der Waals surface area contributed by atoms with Gasteiger partial charge in [-0.2, -0.15) is 0 Å². The van der Waals surface area contributed by atoms with Crippen molar-refractivity contribution in [2.45, 2.75) is 25.8 Å². The van der Waals surface area contributed by atoms with Crippen LogP contribution in [0.2, 0.25) is 0 Å². The molecular formula is C12H15NO2. The van der Waals surface area contributed by atoms with Crippen LogP contribution in [0.15, 0.2) is 18.2 Å². The van der Waals surface area contributed by atoms with Gasteiger partial charge in [-0.05, 0) is 18.6 Å². The minimum Gasteiger partial charge on any atom is -0.493 e. The van der Waals surface area contributed by atoms with E-state index >= 15 is 0 Å². The molecule has 1 aliphatic heterocycles. The van der Waals surface area contributed by atoms with Crippen molar-refractivity contribution in [1.29, 1.82) is 0 Å². The highest BCUT2D eigenvalue weighted by Crippen LogP contribution is 2.26. The van der Waals surface area contributed by atoms with Gasteiger partial charge in [-0.25, -0.2) is 0 Å². The van der Waals surface area contributed by atoms with E-state index in [9.17, 15) is 4.79 Å². The number of rotatable bonds is 3. The molecule has 15 heavy (non-hydrogen) atoms. The van der Waals surface area contributed by atoms with Crippen LogP contribution in [0.4, 0.5) is 0 Å². The second-order valence-electron chi connectivity index (χ2n) is 4.03. The molecule has 0 radical (unpaired) electrons. The monoisotopic (exact) mass is 205 g/mol. The Kier molecular flexibility index (Phi) is 2.73. The Bertz CT molecular complexity index is 385. The minimum absolute atomic E-state index is 0.0864. The average Bonchev–Trinajstić information content (AvgIpc) is 2.62. The molecule has 0 saturated heterocycles. The molecule has 1 aromatic rings. The lowest BCUT2D eigenvalue weighted by molar-refractivity contribution is 0.0976. The second-order valence-corrected chi connectivity index (χ2v) is 4.03. The largest absolute Gasteiger partial charge is 0.493 e. The molecule has 3 nitrogen and oxygen atoms in total. The Hall–Kier alpha value is -1.35. The average molecular weight is 205 g/mol. The van der Waals surface area contributed by atoms with Gasteiger partial charge in [0.15, 0.2) is 5.78 Å². The van der Waals surface area contributed by atoms with Crippen molar-refractivity contribution in [2.24, 2.45) is 5.73 Å². The Morgan fingerprint density at radius 3 is 3.13 bits per heavy atom. The van der Waals surface area contributed by atoms with Crippen LogP contribution in [-0.2, 0) is 6.42 Å². The fourth-order valence-electron chi connectivity index (χ4n) is 1.75. The van der Waals surface area contributed by atoms with Crippen LogP contribution in [0.1, 0.15) is 29.3 Å². The number of nitrogens with two attached hydrogens (primary N) is 1. The van der Waals surface area contributed by atoms with Crippen LogP contribution in [0.3, 0.4) is 0 Å². The van der Waals surface area contributed by atoms with E-state index in [1.54, 1.807) is 0 Å². The molecule has 0 saturated carbocycles. The van der Waals surface area contributed by atoms with Crippen molar-refractivity contribution in [1.82, 2.24) is 0 Å². The first kappa shape index (κ1) is 10.2. The Labute approximate surface area is 89.2 Å². The molecule has 1 aliphatic rings. The first-order valence-corrected chi connectivity index (χ1v) is 5.21. The first-order valence-electron chi connectivity index (χ1n) is 5.21. The molecule has 2 N–H and O–H groups in total. The third kappa shape index (κ3) is 2.18. The lowest BCUT2D eigenvalue weighted by atomic mass is 10.0. The molecule has 0 bridgehead atoms.